The summed E-state index contributed by atoms with van der Waals surface area (Å²) in [5.41, 5.74) is 1.78. The summed E-state index contributed by atoms with van der Waals surface area (Å²) in [5.74, 6) is 0.767. The van der Waals surface area contributed by atoms with Crippen LogP contribution in [0.5, 0.6) is 0 Å². The van der Waals surface area contributed by atoms with Gasteiger partial charge in [-0.2, -0.15) is 0 Å². The lowest BCUT2D eigenvalue weighted by Crippen LogP contribution is -2.31. The molecule has 4 aromatic rings. The van der Waals surface area contributed by atoms with Crippen LogP contribution in [0.2, 0.25) is 0 Å². The van der Waals surface area contributed by atoms with Crippen LogP contribution in [0, 0.1) is 0 Å². The summed E-state index contributed by atoms with van der Waals surface area (Å²) in [6, 6.07) is 11.6. The van der Waals surface area contributed by atoms with Gasteiger partial charge in [0.05, 0.1) is 29.8 Å². The van der Waals surface area contributed by atoms with Crippen molar-refractivity contribution in [2.24, 2.45) is 0 Å². The molecule has 0 saturated heterocycles. The second kappa shape index (κ2) is 8.28. The summed E-state index contributed by atoms with van der Waals surface area (Å²) >= 11 is 3.22. The lowest BCUT2D eigenvalue weighted by Gasteiger charge is -2.21. The second-order valence-corrected chi connectivity index (χ2v) is 7.79. The summed E-state index contributed by atoms with van der Waals surface area (Å²) in [5, 5.41) is 4.94. The number of nitrogens with zero attached hydrogens (tertiary/aromatic N) is 3. The highest BCUT2D eigenvalue weighted by molar-refractivity contribution is 7.20. The van der Waals surface area contributed by atoms with Crippen molar-refractivity contribution in [3.05, 3.63) is 82.8 Å². The summed E-state index contributed by atoms with van der Waals surface area (Å²) < 4.78 is 5.43. The number of hydrogen-bond donors (Lipinski definition) is 0. The number of furan rings is 1. The van der Waals surface area contributed by atoms with Crippen molar-refractivity contribution in [3.8, 4) is 9.88 Å². The van der Waals surface area contributed by atoms with E-state index in [0.717, 1.165) is 26.9 Å². The van der Waals surface area contributed by atoms with E-state index in [1.807, 2.05) is 47.2 Å². The Kier molecular flexibility index (Phi) is 5.41. The molecule has 0 unspecified atom stereocenters. The number of carbonyl (C=O) groups is 1. The van der Waals surface area contributed by atoms with Crippen LogP contribution in [-0.2, 0) is 24.3 Å². The molecule has 0 spiro atoms. The number of rotatable bonds is 7. The Hall–Kier alpha value is -2.77. The number of thiazole rings is 1. The molecular weight excluding hydrogens is 378 g/mol. The first-order valence-electron chi connectivity index (χ1n) is 8.45. The van der Waals surface area contributed by atoms with Crippen LogP contribution in [0.3, 0.4) is 0 Å². The van der Waals surface area contributed by atoms with Gasteiger partial charge < -0.3 is 9.32 Å². The zero-order valence-electron chi connectivity index (χ0n) is 14.4. The lowest BCUT2D eigenvalue weighted by atomic mass is 10.2. The third-order valence-electron chi connectivity index (χ3n) is 3.99. The third kappa shape index (κ3) is 4.50. The smallest absolute Gasteiger partial charge is 0.229 e. The molecule has 1 amide bonds. The molecule has 0 aliphatic carbocycles. The molecular formula is C20H17N3O2S2. The van der Waals surface area contributed by atoms with E-state index < -0.39 is 0 Å². The van der Waals surface area contributed by atoms with E-state index in [-0.39, 0.29) is 12.3 Å². The third-order valence-corrected chi connectivity index (χ3v) is 5.92. The normalized spacial score (nSPS) is 10.8. The highest BCUT2D eigenvalue weighted by atomic mass is 32.1. The second-order valence-electron chi connectivity index (χ2n) is 5.99. The van der Waals surface area contributed by atoms with Crippen molar-refractivity contribution >= 4 is 28.6 Å². The molecule has 0 fully saturated rings. The lowest BCUT2D eigenvalue weighted by molar-refractivity contribution is -0.132. The maximum Gasteiger partial charge on any atom is 0.229 e. The van der Waals surface area contributed by atoms with E-state index in [0.29, 0.717) is 13.1 Å². The summed E-state index contributed by atoms with van der Waals surface area (Å²) in [7, 11) is 0. The van der Waals surface area contributed by atoms with Crippen LogP contribution in [0.4, 0.5) is 0 Å². The maximum absolute atomic E-state index is 13.0. The van der Waals surface area contributed by atoms with E-state index in [1.54, 1.807) is 46.2 Å². The van der Waals surface area contributed by atoms with Crippen molar-refractivity contribution in [1.82, 2.24) is 14.9 Å². The molecule has 0 N–H and O–H groups in total. The Labute approximate surface area is 164 Å². The SMILES string of the molecule is O=C(Cc1csc(-c2cccs2)n1)N(Cc1cccnc1)Cc1ccco1. The fourth-order valence-electron chi connectivity index (χ4n) is 2.70. The molecule has 0 saturated carbocycles. The molecule has 4 aromatic heterocycles. The van der Waals surface area contributed by atoms with Gasteiger partial charge in [-0.3, -0.25) is 9.78 Å². The molecule has 0 aliphatic rings. The first-order valence-corrected chi connectivity index (χ1v) is 10.2. The van der Waals surface area contributed by atoms with E-state index in [1.165, 1.54) is 0 Å². The van der Waals surface area contributed by atoms with Gasteiger partial charge in [-0.05, 0) is 35.2 Å². The highest BCUT2D eigenvalue weighted by Crippen LogP contribution is 2.28. The molecule has 4 rings (SSSR count). The monoisotopic (exact) mass is 395 g/mol. The van der Waals surface area contributed by atoms with Gasteiger partial charge in [0.2, 0.25) is 5.91 Å². The molecule has 0 atom stereocenters. The van der Waals surface area contributed by atoms with Crippen LogP contribution in [0.25, 0.3) is 9.88 Å². The van der Waals surface area contributed by atoms with Gasteiger partial charge in [-0.25, -0.2) is 4.98 Å². The van der Waals surface area contributed by atoms with Crippen molar-refractivity contribution in [3.63, 3.8) is 0 Å². The minimum atomic E-state index is 0.0123. The quantitative estimate of drug-likeness (QED) is 0.458. The van der Waals surface area contributed by atoms with E-state index in [9.17, 15) is 4.79 Å². The minimum Gasteiger partial charge on any atom is -0.467 e. The Morgan fingerprint density at radius 3 is 2.81 bits per heavy atom. The van der Waals surface area contributed by atoms with Gasteiger partial charge in [0.25, 0.3) is 0 Å². The van der Waals surface area contributed by atoms with E-state index in [2.05, 4.69) is 9.97 Å². The minimum absolute atomic E-state index is 0.0123. The molecule has 7 heteroatoms. The highest BCUT2D eigenvalue weighted by Gasteiger charge is 2.18. The zero-order valence-corrected chi connectivity index (χ0v) is 16.1. The Morgan fingerprint density at radius 1 is 1.11 bits per heavy atom. The predicted octanol–water partition coefficient (Wildman–Crippen LogP) is 4.63. The molecule has 4 heterocycles. The van der Waals surface area contributed by atoms with Crippen molar-refractivity contribution < 1.29 is 9.21 Å². The van der Waals surface area contributed by atoms with Gasteiger partial charge in [0.1, 0.15) is 10.8 Å². The predicted molar refractivity (Wildman–Crippen MR) is 106 cm³/mol. The van der Waals surface area contributed by atoms with Crippen molar-refractivity contribution in [2.45, 2.75) is 19.5 Å². The molecule has 0 aromatic carbocycles. The summed E-state index contributed by atoms with van der Waals surface area (Å²) in [6.07, 6.45) is 5.39. The number of hydrogen-bond acceptors (Lipinski definition) is 6. The molecule has 0 aliphatic heterocycles. The number of aromatic nitrogens is 2. The molecule has 0 bridgehead atoms. The molecule has 0 radical (unpaired) electrons. The van der Waals surface area contributed by atoms with Crippen LogP contribution >= 0.6 is 22.7 Å². The number of carbonyl (C=O) groups excluding carboxylic acids is 1. The standard InChI is InChI=1S/C20H17N3O2S2/c24-19(10-16-14-27-20(22-16)18-6-3-9-26-18)23(13-17-5-2-8-25-17)12-15-4-1-7-21-11-15/h1-9,11,14H,10,12-13H2. The maximum atomic E-state index is 13.0. The largest absolute Gasteiger partial charge is 0.467 e. The van der Waals surface area contributed by atoms with Crippen molar-refractivity contribution in [1.29, 1.82) is 0 Å². The van der Waals surface area contributed by atoms with Gasteiger partial charge in [0, 0.05) is 24.3 Å². The van der Waals surface area contributed by atoms with Gasteiger partial charge >= 0.3 is 0 Å². The average molecular weight is 396 g/mol. The number of pyridine rings is 1. The fourth-order valence-corrected chi connectivity index (χ4v) is 4.34. The van der Waals surface area contributed by atoms with Gasteiger partial charge in [0.15, 0.2) is 0 Å². The molecule has 136 valence electrons. The first kappa shape index (κ1) is 17.6. The fraction of sp³-hybridized carbons (Fsp3) is 0.150. The molecule has 27 heavy (non-hydrogen) atoms. The average Bonchev–Trinajstić information content (AvgIpc) is 3.44. The molecule has 5 nitrogen and oxygen atoms in total. The summed E-state index contributed by atoms with van der Waals surface area (Å²) in [6.45, 7) is 0.901. The van der Waals surface area contributed by atoms with Crippen LogP contribution < -0.4 is 0 Å². The Morgan fingerprint density at radius 2 is 2.07 bits per heavy atom. The number of amides is 1. The number of thiophene rings is 1. The summed E-state index contributed by atoms with van der Waals surface area (Å²) in [4.78, 5) is 24.6. The Bertz CT molecular complexity index is 980. The van der Waals surface area contributed by atoms with Crippen LogP contribution in [0.15, 0.2) is 70.2 Å². The van der Waals surface area contributed by atoms with E-state index in [4.69, 9.17) is 4.42 Å². The van der Waals surface area contributed by atoms with Crippen LogP contribution in [-0.4, -0.2) is 20.8 Å². The van der Waals surface area contributed by atoms with E-state index >= 15 is 0 Å². The van der Waals surface area contributed by atoms with Gasteiger partial charge in [-0.15, -0.1) is 22.7 Å². The first-order chi connectivity index (χ1) is 13.3. The zero-order chi connectivity index (χ0) is 18.5. The van der Waals surface area contributed by atoms with Crippen LogP contribution in [0.1, 0.15) is 17.0 Å². The Balaban J connectivity index is 1.49. The topological polar surface area (TPSA) is 59.2 Å². The van der Waals surface area contributed by atoms with Crippen molar-refractivity contribution in [2.75, 3.05) is 0 Å². The van der Waals surface area contributed by atoms with Gasteiger partial charge in [-0.1, -0.05) is 12.1 Å².